The van der Waals surface area contributed by atoms with Crippen LogP contribution in [0.1, 0.15) is 40.2 Å². The van der Waals surface area contributed by atoms with Gasteiger partial charge in [-0.1, -0.05) is 30.3 Å². The Kier molecular flexibility index (Phi) is 5.72. The van der Waals surface area contributed by atoms with E-state index in [-0.39, 0.29) is 11.7 Å². The SMILES string of the molecule is O=C(c1ccc(CS(=O)(=O)c2ccccc2)cc1)N1CCC(c2c[nH]c3ncccc23)CC1. The normalized spacial score (nSPS) is 15.1. The van der Waals surface area contributed by atoms with Crippen molar-refractivity contribution in [3.8, 4) is 0 Å². The molecular formula is C26H25N3O3S. The molecule has 1 amide bonds. The summed E-state index contributed by atoms with van der Waals surface area (Å²) >= 11 is 0. The summed E-state index contributed by atoms with van der Waals surface area (Å²) in [6, 6.07) is 19.4. The highest BCUT2D eigenvalue weighted by molar-refractivity contribution is 7.90. The Labute approximate surface area is 193 Å². The zero-order valence-corrected chi connectivity index (χ0v) is 19.0. The van der Waals surface area contributed by atoms with E-state index in [1.165, 1.54) is 5.56 Å². The lowest BCUT2D eigenvalue weighted by atomic mass is 9.89. The minimum Gasteiger partial charge on any atom is -0.346 e. The lowest BCUT2D eigenvalue weighted by molar-refractivity contribution is 0.0713. The van der Waals surface area contributed by atoms with Gasteiger partial charge in [-0.25, -0.2) is 13.4 Å². The van der Waals surface area contributed by atoms with E-state index < -0.39 is 9.84 Å². The number of sulfone groups is 1. The van der Waals surface area contributed by atoms with Crippen LogP contribution in [0.15, 0.2) is 84.0 Å². The molecule has 0 aliphatic carbocycles. The number of H-pyrrole nitrogens is 1. The van der Waals surface area contributed by atoms with Crippen LogP contribution >= 0.6 is 0 Å². The van der Waals surface area contributed by atoms with Crippen LogP contribution in [0.25, 0.3) is 11.0 Å². The van der Waals surface area contributed by atoms with Gasteiger partial charge in [-0.05, 0) is 66.3 Å². The molecule has 0 bridgehead atoms. The molecule has 1 fully saturated rings. The molecule has 1 aliphatic heterocycles. The summed E-state index contributed by atoms with van der Waals surface area (Å²) in [6.07, 6.45) is 5.64. The zero-order chi connectivity index (χ0) is 22.8. The molecule has 5 rings (SSSR count). The molecule has 1 saturated heterocycles. The van der Waals surface area contributed by atoms with Gasteiger partial charge in [0.2, 0.25) is 0 Å². The molecule has 2 aromatic heterocycles. The molecule has 3 heterocycles. The van der Waals surface area contributed by atoms with Crippen molar-refractivity contribution >= 4 is 26.8 Å². The molecule has 0 saturated carbocycles. The van der Waals surface area contributed by atoms with Gasteiger partial charge in [0.1, 0.15) is 5.65 Å². The van der Waals surface area contributed by atoms with Crippen LogP contribution in [0.2, 0.25) is 0 Å². The maximum Gasteiger partial charge on any atom is 0.253 e. The number of hydrogen-bond donors (Lipinski definition) is 1. The summed E-state index contributed by atoms with van der Waals surface area (Å²) in [5.74, 6) is 0.306. The average molecular weight is 460 g/mol. The third-order valence-electron chi connectivity index (χ3n) is 6.36. The number of fused-ring (bicyclic) bond motifs is 1. The fraction of sp³-hybridized carbons (Fsp3) is 0.231. The van der Waals surface area contributed by atoms with Crippen molar-refractivity contribution in [3.05, 3.63) is 95.8 Å². The number of aromatic nitrogens is 2. The standard InChI is InChI=1S/C26H25N3O3S/c30-26(21-10-8-19(9-11-21)18-33(31,32)22-5-2-1-3-6-22)29-15-12-20(13-16-29)24-17-28-25-23(24)7-4-14-27-25/h1-11,14,17,20H,12-13,15-16,18H2,(H,27,28). The molecule has 4 aromatic rings. The van der Waals surface area contributed by atoms with Crippen molar-refractivity contribution in [1.29, 1.82) is 0 Å². The molecule has 7 heteroatoms. The average Bonchev–Trinajstić information content (AvgIpc) is 3.29. The third kappa shape index (κ3) is 4.41. The summed E-state index contributed by atoms with van der Waals surface area (Å²) in [7, 11) is -3.41. The number of likely N-dealkylation sites (tertiary alicyclic amines) is 1. The van der Waals surface area contributed by atoms with E-state index in [1.54, 1.807) is 60.8 Å². The second-order valence-electron chi connectivity index (χ2n) is 8.48. The number of benzene rings is 2. The molecular weight excluding hydrogens is 434 g/mol. The Hall–Kier alpha value is -3.45. The largest absolute Gasteiger partial charge is 0.346 e. The Bertz CT molecular complexity index is 1370. The van der Waals surface area contributed by atoms with Crippen LogP contribution in [0, 0.1) is 0 Å². The number of hydrogen-bond acceptors (Lipinski definition) is 4. The number of carbonyl (C=O) groups is 1. The minimum absolute atomic E-state index is 0.00786. The number of carbonyl (C=O) groups excluding carboxylic acids is 1. The molecule has 2 aromatic carbocycles. The highest BCUT2D eigenvalue weighted by atomic mass is 32.2. The first-order chi connectivity index (χ1) is 16.0. The molecule has 0 spiro atoms. The number of rotatable bonds is 5. The number of aromatic amines is 1. The quantitative estimate of drug-likeness (QED) is 0.474. The molecule has 0 unspecified atom stereocenters. The fourth-order valence-corrected chi connectivity index (χ4v) is 5.93. The van der Waals surface area contributed by atoms with E-state index in [0.29, 0.717) is 35.0 Å². The summed E-state index contributed by atoms with van der Waals surface area (Å²) in [4.78, 5) is 22.8. The van der Waals surface area contributed by atoms with Gasteiger partial charge in [0.05, 0.1) is 10.6 Å². The monoisotopic (exact) mass is 459 g/mol. The van der Waals surface area contributed by atoms with Crippen molar-refractivity contribution < 1.29 is 13.2 Å². The van der Waals surface area contributed by atoms with Gasteiger partial charge in [0, 0.05) is 36.4 Å². The van der Waals surface area contributed by atoms with Gasteiger partial charge in [0.25, 0.3) is 5.91 Å². The van der Waals surface area contributed by atoms with E-state index in [4.69, 9.17) is 0 Å². The molecule has 1 aliphatic rings. The predicted molar refractivity (Wildman–Crippen MR) is 128 cm³/mol. The van der Waals surface area contributed by atoms with E-state index in [2.05, 4.69) is 16.0 Å². The minimum atomic E-state index is -3.41. The van der Waals surface area contributed by atoms with Crippen LogP contribution in [0.5, 0.6) is 0 Å². The summed E-state index contributed by atoms with van der Waals surface area (Å²) in [5.41, 5.74) is 3.43. The topological polar surface area (TPSA) is 83.1 Å². The molecule has 33 heavy (non-hydrogen) atoms. The maximum atomic E-state index is 13.0. The molecule has 6 nitrogen and oxygen atoms in total. The van der Waals surface area contributed by atoms with Gasteiger partial charge in [0.15, 0.2) is 9.84 Å². The number of amides is 1. The number of nitrogens with one attached hydrogen (secondary N) is 1. The van der Waals surface area contributed by atoms with E-state index in [1.807, 2.05) is 17.2 Å². The van der Waals surface area contributed by atoms with Gasteiger partial charge >= 0.3 is 0 Å². The Morgan fingerprint density at radius 2 is 1.70 bits per heavy atom. The van der Waals surface area contributed by atoms with Crippen molar-refractivity contribution in [2.45, 2.75) is 29.4 Å². The van der Waals surface area contributed by atoms with Crippen LogP contribution in [-0.4, -0.2) is 42.3 Å². The van der Waals surface area contributed by atoms with Crippen LogP contribution in [0.3, 0.4) is 0 Å². The van der Waals surface area contributed by atoms with Crippen molar-refractivity contribution in [3.63, 3.8) is 0 Å². The second kappa shape index (κ2) is 8.83. The fourth-order valence-electron chi connectivity index (χ4n) is 4.57. The zero-order valence-electron chi connectivity index (χ0n) is 18.1. The second-order valence-corrected chi connectivity index (χ2v) is 10.5. The molecule has 168 valence electrons. The summed E-state index contributed by atoms with van der Waals surface area (Å²) in [5, 5.41) is 1.16. The first kappa shape index (κ1) is 21.4. The van der Waals surface area contributed by atoms with Gasteiger partial charge in [-0.2, -0.15) is 0 Å². The van der Waals surface area contributed by atoms with Crippen LogP contribution in [0.4, 0.5) is 0 Å². The molecule has 0 radical (unpaired) electrons. The van der Waals surface area contributed by atoms with E-state index in [0.717, 1.165) is 23.9 Å². The predicted octanol–water partition coefficient (Wildman–Crippen LogP) is 4.56. The lowest BCUT2D eigenvalue weighted by Crippen LogP contribution is -2.37. The molecule has 0 atom stereocenters. The summed E-state index contributed by atoms with van der Waals surface area (Å²) < 4.78 is 25.2. The molecule has 1 N–H and O–H groups in total. The third-order valence-corrected chi connectivity index (χ3v) is 8.07. The Balaban J connectivity index is 1.22. The van der Waals surface area contributed by atoms with E-state index >= 15 is 0 Å². The Morgan fingerprint density at radius 3 is 2.42 bits per heavy atom. The Morgan fingerprint density at radius 1 is 0.970 bits per heavy atom. The highest BCUT2D eigenvalue weighted by Gasteiger charge is 2.26. The maximum absolute atomic E-state index is 13.0. The smallest absolute Gasteiger partial charge is 0.253 e. The number of piperidine rings is 1. The van der Waals surface area contributed by atoms with Crippen LogP contribution < -0.4 is 0 Å². The lowest BCUT2D eigenvalue weighted by Gasteiger charge is -2.32. The van der Waals surface area contributed by atoms with Gasteiger partial charge in [-0.3, -0.25) is 4.79 Å². The first-order valence-corrected chi connectivity index (χ1v) is 12.7. The van der Waals surface area contributed by atoms with Crippen molar-refractivity contribution in [1.82, 2.24) is 14.9 Å². The van der Waals surface area contributed by atoms with Crippen molar-refractivity contribution in [2.24, 2.45) is 0 Å². The summed E-state index contributed by atoms with van der Waals surface area (Å²) in [6.45, 7) is 1.39. The highest BCUT2D eigenvalue weighted by Crippen LogP contribution is 2.33. The van der Waals surface area contributed by atoms with Gasteiger partial charge in [-0.15, -0.1) is 0 Å². The van der Waals surface area contributed by atoms with Gasteiger partial charge < -0.3 is 9.88 Å². The number of pyridine rings is 1. The van der Waals surface area contributed by atoms with Crippen molar-refractivity contribution in [2.75, 3.05) is 13.1 Å². The first-order valence-electron chi connectivity index (χ1n) is 11.1. The van der Waals surface area contributed by atoms with Crippen LogP contribution in [-0.2, 0) is 15.6 Å². The number of nitrogens with zero attached hydrogens (tertiary/aromatic N) is 2. The van der Waals surface area contributed by atoms with E-state index in [9.17, 15) is 13.2 Å².